The van der Waals surface area contributed by atoms with Gasteiger partial charge in [0.25, 0.3) is 0 Å². The van der Waals surface area contributed by atoms with Crippen LogP contribution in [0.1, 0.15) is 25.7 Å². The molecule has 2 fully saturated rings. The molecule has 2 unspecified atom stereocenters. The van der Waals surface area contributed by atoms with Crippen molar-refractivity contribution < 1.29 is 4.74 Å². The third kappa shape index (κ3) is 3.00. The monoisotopic (exact) mass is 210 g/mol. The highest BCUT2D eigenvalue weighted by atomic mass is 35.5. The van der Waals surface area contributed by atoms with E-state index in [1.165, 1.54) is 25.7 Å². The smallest absolute Gasteiger partial charge is 0.0841 e. The third-order valence-electron chi connectivity index (χ3n) is 2.65. The lowest BCUT2D eigenvalue weighted by atomic mass is 10.0. The van der Waals surface area contributed by atoms with Crippen LogP contribution in [0, 0.1) is 0 Å². The van der Waals surface area contributed by atoms with Gasteiger partial charge in [-0.3, -0.25) is 0 Å². The summed E-state index contributed by atoms with van der Waals surface area (Å²) in [6.07, 6.45) is 6.89. The molecule has 0 radical (unpaired) electrons. The normalized spacial score (nSPS) is 28.4. The number of rotatable bonds is 0. The van der Waals surface area contributed by atoms with Crippen LogP contribution in [0.2, 0.25) is 5.02 Å². The molecule has 0 spiro atoms. The van der Waals surface area contributed by atoms with Crippen molar-refractivity contribution in [2.24, 2.45) is 0 Å². The molecule has 76 valence electrons. The Kier molecular flexibility index (Phi) is 3.44. The first-order chi connectivity index (χ1) is 6.86. The average molecular weight is 211 g/mol. The molecule has 0 amide bonds. The van der Waals surface area contributed by atoms with Gasteiger partial charge in [0.1, 0.15) is 0 Å². The van der Waals surface area contributed by atoms with Gasteiger partial charge in [0, 0.05) is 5.02 Å². The zero-order valence-corrected chi connectivity index (χ0v) is 8.91. The van der Waals surface area contributed by atoms with E-state index in [0.29, 0.717) is 12.2 Å². The second-order valence-electron chi connectivity index (χ2n) is 3.79. The molecule has 2 atom stereocenters. The Labute approximate surface area is 90.0 Å². The zero-order valence-electron chi connectivity index (χ0n) is 8.16. The van der Waals surface area contributed by atoms with Gasteiger partial charge in [-0.1, -0.05) is 42.6 Å². The number of hydrogen-bond acceptors (Lipinski definition) is 1. The van der Waals surface area contributed by atoms with Gasteiger partial charge in [0.2, 0.25) is 0 Å². The second kappa shape index (κ2) is 4.81. The molecular formula is C12H15ClO. The Bertz CT molecular complexity index is 263. The van der Waals surface area contributed by atoms with Crippen LogP contribution in [0.4, 0.5) is 0 Å². The Morgan fingerprint density at radius 3 is 1.93 bits per heavy atom. The first kappa shape index (κ1) is 10.0. The summed E-state index contributed by atoms with van der Waals surface area (Å²) in [7, 11) is 0. The minimum Gasteiger partial charge on any atom is -0.370 e. The van der Waals surface area contributed by atoms with Crippen molar-refractivity contribution in [3.8, 4) is 0 Å². The SMILES string of the molecule is C1CCC2OC2C1.Clc1ccccc1. The van der Waals surface area contributed by atoms with Gasteiger partial charge in [-0.15, -0.1) is 0 Å². The van der Waals surface area contributed by atoms with Gasteiger partial charge in [-0.2, -0.15) is 0 Å². The van der Waals surface area contributed by atoms with Gasteiger partial charge in [0.15, 0.2) is 0 Å². The maximum absolute atomic E-state index is 5.54. The molecular weight excluding hydrogens is 196 g/mol. The molecule has 0 aromatic heterocycles. The average Bonchev–Trinajstić information content (AvgIpc) is 2.98. The molecule has 3 rings (SSSR count). The van der Waals surface area contributed by atoms with E-state index in [1.54, 1.807) is 0 Å². The molecule has 2 aliphatic rings. The van der Waals surface area contributed by atoms with Crippen molar-refractivity contribution >= 4 is 11.6 Å². The highest BCUT2D eigenvalue weighted by molar-refractivity contribution is 6.30. The summed E-state index contributed by atoms with van der Waals surface area (Å²) in [5.41, 5.74) is 0. The van der Waals surface area contributed by atoms with Crippen molar-refractivity contribution in [1.82, 2.24) is 0 Å². The predicted molar refractivity (Wildman–Crippen MR) is 58.6 cm³/mol. The fourth-order valence-electron chi connectivity index (χ4n) is 1.79. The van der Waals surface area contributed by atoms with E-state index in [9.17, 15) is 0 Å². The topological polar surface area (TPSA) is 12.5 Å². The largest absolute Gasteiger partial charge is 0.370 e. The summed E-state index contributed by atoms with van der Waals surface area (Å²) >= 11 is 5.54. The summed E-state index contributed by atoms with van der Waals surface area (Å²) in [5, 5.41) is 0.794. The lowest BCUT2D eigenvalue weighted by molar-refractivity contribution is 0.373. The summed E-state index contributed by atoms with van der Waals surface area (Å²) in [4.78, 5) is 0. The van der Waals surface area contributed by atoms with Crippen molar-refractivity contribution in [1.29, 1.82) is 0 Å². The highest BCUT2D eigenvalue weighted by Crippen LogP contribution is 2.35. The standard InChI is InChI=1S/C6H5Cl.C6H10O/c7-6-4-2-1-3-5-6;1-2-4-6-5(3-1)7-6/h1-5H;5-6H,1-4H2. The lowest BCUT2D eigenvalue weighted by Crippen LogP contribution is -2.00. The summed E-state index contributed by atoms with van der Waals surface area (Å²) in [6, 6.07) is 9.44. The lowest BCUT2D eigenvalue weighted by Gasteiger charge is -2.00. The number of fused-ring (bicyclic) bond motifs is 1. The fourth-order valence-corrected chi connectivity index (χ4v) is 1.94. The van der Waals surface area contributed by atoms with E-state index < -0.39 is 0 Å². The molecule has 14 heavy (non-hydrogen) atoms. The molecule has 1 aliphatic carbocycles. The van der Waals surface area contributed by atoms with Crippen molar-refractivity contribution in [3.63, 3.8) is 0 Å². The van der Waals surface area contributed by atoms with E-state index in [2.05, 4.69) is 0 Å². The van der Waals surface area contributed by atoms with Crippen LogP contribution in [0.5, 0.6) is 0 Å². The first-order valence-corrected chi connectivity index (χ1v) is 5.60. The number of epoxide rings is 1. The first-order valence-electron chi connectivity index (χ1n) is 5.22. The molecule has 1 nitrogen and oxygen atoms in total. The molecule has 0 bridgehead atoms. The minimum absolute atomic E-state index is 0.703. The van der Waals surface area contributed by atoms with Crippen LogP contribution < -0.4 is 0 Å². The highest BCUT2D eigenvalue weighted by Gasteiger charge is 2.39. The van der Waals surface area contributed by atoms with Crippen molar-refractivity contribution in [2.45, 2.75) is 37.9 Å². The second-order valence-corrected chi connectivity index (χ2v) is 4.23. The number of ether oxygens (including phenoxy) is 1. The number of hydrogen-bond donors (Lipinski definition) is 0. The molecule has 1 aromatic carbocycles. The van der Waals surface area contributed by atoms with Crippen LogP contribution >= 0.6 is 11.6 Å². The molecule has 1 saturated heterocycles. The molecule has 1 aromatic rings. The zero-order chi connectivity index (χ0) is 9.80. The van der Waals surface area contributed by atoms with Gasteiger partial charge in [0.05, 0.1) is 12.2 Å². The Hall–Kier alpha value is -0.530. The van der Waals surface area contributed by atoms with E-state index >= 15 is 0 Å². The van der Waals surface area contributed by atoms with Crippen LogP contribution in [0.3, 0.4) is 0 Å². The predicted octanol–water partition coefficient (Wildman–Crippen LogP) is 3.67. The third-order valence-corrected chi connectivity index (χ3v) is 2.90. The molecule has 1 saturated carbocycles. The minimum atomic E-state index is 0.703. The van der Waals surface area contributed by atoms with E-state index in [0.717, 1.165) is 5.02 Å². The van der Waals surface area contributed by atoms with E-state index in [4.69, 9.17) is 16.3 Å². The molecule has 1 aliphatic heterocycles. The maximum Gasteiger partial charge on any atom is 0.0841 e. The van der Waals surface area contributed by atoms with Crippen molar-refractivity contribution in [2.75, 3.05) is 0 Å². The van der Waals surface area contributed by atoms with Crippen LogP contribution in [-0.4, -0.2) is 12.2 Å². The summed E-state index contributed by atoms with van der Waals surface area (Å²) in [6.45, 7) is 0. The van der Waals surface area contributed by atoms with Crippen LogP contribution in [0.25, 0.3) is 0 Å². The van der Waals surface area contributed by atoms with Gasteiger partial charge >= 0.3 is 0 Å². The Morgan fingerprint density at radius 2 is 1.57 bits per heavy atom. The fraction of sp³-hybridized carbons (Fsp3) is 0.500. The molecule has 0 N–H and O–H groups in total. The van der Waals surface area contributed by atoms with Crippen LogP contribution in [-0.2, 0) is 4.74 Å². The summed E-state index contributed by atoms with van der Waals surface area (Å²) < 4.78 is 5.28. The Balaban J connectivity index is 0.000000107. The Morgan fingerprint density at radius 1 is 1.00 bits per heavy atom. The van der Waals surface area contributed by atoms with Gasteiger partial charge in [-0.25, -0.2) is 0 Å². The summed E-state index contributed by atoms with van der Waals surface area (Å²) in [5.74, 6) is 0. The van der Waals surface area contributed by atoms with Crippen LogP contribution in [0.15, 0.2) is 30.3 Å². The van der Waals surface area contributed by atoms with Gasteiger partial charge in [-0.05, 0) is 25.0 Å². The van der Waals surface area contributed by atoms with Gasteiger partial charge < -0.3 is 4.74 Å². The molecule has 2 heteroatoms. The number of halogens is 1. The van der Waals surface area contributed by atoms with Crippen molar-refractivity contribution in [3.05, 3.63) is 35.4 Å². The quantitative estimate of drug-likeness (QED) is 0.596. The molecule has 1 heterocycles. The van der Waals surface area contributed by atoms with E-state index in [1.807, 2.05) is 30.3 Å². The number of benzene rings is 1. The maximum atomic E-state index is 5.54. The van der Waals surface area contributed by atoms with E-state index in [-0.39, 0.29) is 0 Å².